The maximum absolute atomic E-state index is 12.3. The van der Waals surface area contributed by atoms with E-state index in [0.717, 1.165) is 12.1 Å². The van der Waals surface area contributed by atoms with Crippen LogP contribution in [0.5, 0.6) is 17.2 Å². The van der Waals surface area contributed by atoms with E-state index in [0.29, 0.717) is 11.1 Å². The van der Waals surface area contributed by atoms with Crippen molar-refractivity contribution >= 4 is 47.3 Å². The molecule has 14 heteroatoms. The summed E-state index contributed by atoms with van der Waals surface area (Å²) in [6.07, 6.45) is 2.36. The predicted molar refractivity (Wildman–Crippen MR) is 136 cm³/mol. The zero-order valence-electron chi connectivity index (χ0n) is 19.3. The molecule has 3 N–H and O–H groups in total. The monoisotopic (exact) mass is 542 g/mol. The van der Waals surface area contributed by atoms with Gasteiger partial charge in [0.15, 0.2) is 12.4 Å². The Morgan fingerprint density at radius 2 is 1.50 bits per heavy atom. The van der Waals surface area contributed by atoms with Gasteiger partial charge in [-0.1, -0.05) is 46.2 Å². The number of carbonyl (C=O) groups is 2. The largest absolute Gasteiger partial charge is 0.507 e. The van der Waals surface area contributed by atoms with E-state index in [2.05, 4.69) is 15.6 Å². The summed E-state index contributed by atoms with van der Waals surface area (Å²) < 4.78 is 5.13. The molecule has 0 spiro atoms. The number of aromatic hydroxyl groups is 2. The van der Waals surface area contributed by atoms with Gasteiger partial charge in [-0.3, -0.25) is 14.9 Å². The average Bonchev–Trinajstić information content (AvgIpc) is 2.88. The van der Waals surface area contributed by atoms with E-state index in [1.54, 1.807) is 36.4 Å². The topological polar surface area (TPSA) is 182 Å². The van der Waals surface area contributed by atoms with Crippen LogP contribution in [0.1, 0.15) is 11.1 Å². The molecule has 0 radical (unpaired) electrons. The van der Waals surface area contributed by atoms with Gasteiger partial charge in [0.05, 0.1) is 28.1 Å². The molecule has 0 aromatic heterocycles. The van der Waals surface area contributed by atoms with E-state index in [1.165, 1.54) is 24.6 Å². The summed E-state index contributed by atoms with van der Waals surface area (Å²) in [7, 11) is 0. The molecule has 0 unspecified atom stereocenters. The molecule has 38 heavy (non-hydrogen) atoms. The van der Waals surface area contributed by atoms with E-state index in [4.69, 9.17) is 26.0 Å². The lowest BCUT2D eigenvalue weighted by Gasteiger charge is -2.12. The van der Waals surface area contributed by atoms with Crippen LogP contribution in [0.3, 0.4) is 0 Å². The van der Waals surface area contributed by atoms with Crippen LogP contribution in [-0.4, -0.2) is 52.7 Å². The summed E-state index contributed by atoms with van der Waals surface area (Å²) in [5, 5.41) is 39.7. The summed E-state index contributed by atoms with van der Waals surface area (Å²) >= 11 is 6.06. The summed E-state index contributed by atoms with van der Waals surface area (Å²) in [5.41, 5.74) is -0.0725. The van der Waals surface area contributed by atoms with Crippen LogP contribution in [0.25, 0.3) is 0 Å². The van der Waals surface area contributed by atoms with Gasteiger partial charge < -0.3 is 29.9 Å². The third-order valence-corrected chi connectivity index (χ3v) is 4.79. The van der Waals surface area contributed by atoms with Gasteiger partial charge in [0.2, 0.25) is 6.61 Å². The number of amides is 1. The Morgan fingerprint density at radius 3 is 2.05 bits per heavy atom. The number of oxime groups is 2. The van der Waals surface area contributed by atoms with E-state index in [-0.39, 0.29) is 28.0 Å². The zero-order chi connectivity index (χ0) is 27.5. The second kappa shape index (κ2) is 13.2. The Balaban J connectivity index is 1.63. The first kappa shape index (κ1) is 27.4. The van der Waals surface area contributed by atoms with Gasteiger partial charge in [-0.05, 0) is 24.3 Å². The van der Waals surface area contributed by atoms with Crippen molar-refractivity contribution in [1.82, 2.24) is 0 Å². The molecule has 0 atom stereocenters. The van der Waals surface area contributed by atoms with Gasteiger partial charge in [0.1, 0.15) is 11.5 Å². The van der Waals surface area contributed by atoms with Crippen LogP contribution >= 0.6 is 11.6 Å². The van der Waals surface area contributed by atoms with E-state index < -0.39 is 35.7 Å². The number of ether oxygens (including phenoxy) is 1. The molecule has 0 saturated carbocycles. The lowest BCUT2D eigenvalue weighted by Crippen LogP contribution is -2.20. The highest BCUT2D eigenvalue weighted by Gasteiger charge is 2.21. The number of nitro benzene ring substituents is 1. The minimum atomic E-state index is -0.991. The van der Waals surface area contributed by atoms with Crippen LogP contribution in [0, 0.1) is 10.1 Å². The van der Waals surface area contributed by atoms with Crippen molar-refractivity contribution < 1.29 is 39.1 Å². The summed E-state index contributed by atoms with van der Waals surface area (Å²) in [6.45, 7) is -1.31. The first-order valence-electron chi connectivity index (χ1n) is 10.6. The number of phenolic OH excluding ortho intramolecular Hbond substituents is 2. The molecule has 0 aliphatic carbocycles. The Kier molecular flexibility index (Phi) is 9.54. The van der Waals surface area contributed by atoms with Gasteiger partial charge >= 0.3 is 5.97 Å². The fraction of sp³-hybridized carbons (Fsp3) is 0.0833. The maximum atomic E-state index is 12.3. The number of nitro groups is 1. The first-order valence-corrected chi connectivity index (χ1v) is 11.0. The minimum absolute atomic E-state index is 0.0464. The van der Waals surface area contributed by atoms with Crippen molar-refractivity contribution in [2.45, 2.75) is 0 Å². The molecule has 0 heterocycles. The van der Waals surface area contributed by atoms with Crippen LogP contribution in [0.4, 0.5) is 11.4 Å². The van der Waals surface area contributed by atoms with Crippen molar-refractivity contribution in [1.29, 1.82) is 0 Å². The normalized spacial score (nSPS) is 10.9. The van der Waals surface area contributed by atoms with Crippen molar-refractivity contribution in [2.24, 2.45) is 10.3 Å². The standard InChI is InChI=1S/C24H19ClN4O9/c25-18-9-17(29(34)35)10-19(28-22(32)13-36-26-11-15-5-1-3-7-20(15)30)24(18)38-23(33)14-37-27-12-16-6-2-4-8-21(16)31/h1-12,30-31H,13-14H2,(H,28,32)/b26-11+,27-12+. The lowest BCUT2D eigenvalue weighted by atomic mass is 10.2. The first-order chi connectivity index (χ1) is 18.2. The van der Waals surface area contributed by atoms with Gasteiger partial charge in [-0.2, -0.15) is 0 Å². The smallest absolute Gasteiger partial charge is 0.352 e. The molecule has 0 bridgehead atoms. The van der Waals surface area contributed by atoms with Crippen LogP contribution < -0.4 is 10.1 Å². The number of para-hydroxylation sites is 2. The van der Waals surface area contributed by atoms with E-state index in [1.807, 2.05) is 0 Å². The predicted octanol–water partition coefficient (Wildman–Crippen LogP) is 3.60. The molecule has 0 saturated heterocycles. The van der Waals surface area contributed by atoms with E-state index in [9.17, 15) is 29.9 Å². The molecule has 13 nitrogen and oxygen atoms in total. The highest BCUT2D eigenvalue weighted by atomic mass is 35.5. The number of nitrogens with one attached hydrogen (secondary N) is 1. The van der Waals surface area contributed by atoms with Crippen molar-refractivity contribution in [2.75, 3.05) is 18.5 Å². The Labute approximate surface area is 219 Å². The number of esters is 1. The average molecular weight is 543 g/mol. The zero-order valence-corrected chi connectivity index (χ0v) is 20.1. The van der Waals surface area contributed by atoms with Crippen molar-refractivity contribution in [3.05, 3.63) is 86.9 Å². The lowest BCUT2D eigenvalue weighted by molar-refractivity contribution is -0.384. The molecule has 3 aromatic carbocycles. The van der Waals surface area contributed by atoms with Gasteiger partial charge in [-0.15, -0.1) is 0 Å². The van der Waals surface area contributed by atoms with Crippen LogP contribution in [-0.2, 0) is 19.3 Å². The van der Waals surface area contributed by atoms with Crippen LogP contribution in [0.2, 0.25) is 5.02 Å². The highest BCUT2D eigenvalue weighted by Crippen LogP contribution is 2.37. The van der Waals surface area contributed by atoms with E-state index >= 15 is 0 Å². The molecule has 0 fully saturated rings. The molecular weight excluding hydrogens is 524 g/mol. The number of halogens is 1. The summed E-state index contributed by atoms with van der Waals surface area (Å²) in [4.78, 5) is 44.8. The number of rotatable bonds is 11. The second-order valence-electron chi connectivity index (χ2n) is 7.22. The number of nitrogens with zero attached hydrogens (tertiary/aromatic N) is 3. The SMILES string of the molecule is O=C(CO/N=C/c1ccccc1O)Nc1cc([N+](=O)[O-])cc(Cl)c1OC(=O)CO/N=C/c1ccccc1O. The number of hydrogen-bond acceptors (Lipinski definition) is 11. The number of phenols is 2. The number of carbonyl (C=O) groups excluding carboxylic acids is 2. The van der Waals surface area contributed by atoms with Crippen molar-refractivity contribution in [3.8, 4) is 17.2 Å². The summed E-state index contributed by atoms with van der Waals surface area (Å²) in [5.74, 6) is -2.27. The molecule has 196 valence electrons. The van der Waals surface area contributed by atoms with Gasteiger partial charge in [0, 0.05) is 23.3 Å². The molecule has 3 rings (SSSR count). The van der Waals surface area contributed by atoms with Gasteiger partial charge in [-0.25, -0.2) is 4.79 Å². The molecule has 3 aromatic rings. The fourth-order valence-electron chi connectivity index (χ4n) is 2.78. The summed E-state index contributed by atoms with van der Waals surface area (Å²) in [6, 6.07) is 14.4. The number of hydrogen-bond donors (Lipinski definition) is 3. The fourth-order valence-corrected chi connectivity index (χ4v) is 3.03. The Hall–Kier alpha value is -5.17. The van der Waals surface area contributed by atoms with Gasteiger partial charge in [0.25, 0.3) is 11.6 Å². The van der Waals surface area contributed by atoms with Crippen molar-refractivity contribution in [3.63, 3.8) is 0 Å². The quantitative estimate of drug-likeness (QED) is 0.107. The number of anilines is 1. The third-order valence-electron chi connectivity index (χ3n) is 4.51. The number of benzene rings is 3. The maximum Gasteiger partial charge on any atom is 0.352 e. The molecule has 1 amide bonds. The second-order valence-corrected chi connectivity index (χ2v) is 7.62. The minimum Gasteiger partial charge on any atom is -0.507 e. The van der Waals surface area contributed by atoms with Crippen LogP contribution in [0.15, 0.2) is 71.0 Å². The third kappa shape index (κ3) is 7.93. The number of non-ortho nitro benzene ring substituents is 1. The Bertz CT molecular complexity index is 1400. The Morgan fingerprint density at radius 1 is 0.947 bits per heavy atom. The molecule has 0 aliphatic heterocycles. The molecule has 0 aliphatic rings. The highest BCUT2D eigenvalue weighted by molar-refractivity contribution is 6.33. The molecular formula is C24H19ClN4O9.